The second-order valence-corrected chi connectivity index (χ2v) is 5.87. The van der Waals surface area contributed by atoms with E-state index in [9.17, 15) is 4.39 Å². The molecule has 2 N–H and O–H groups in total. The Morgan fingerprint density at radius 2 is 2.17 bits per heavy atom. The van der Waals surface area contributed by atoms with Gasteiger partial charge in [0.25, 0.3) is 0 Å². The fraction of sp³-hybridized carbons (Fsp3) is 0.357. The minimum atomic E-state index is -0.276. The molecule has 94 valence electrons. The zero-order valence-corrected chi connectivity index (χ0v) is 11.2. The van der Waals surface area contributed by atoms with Gasteiger partial charge in [-0.2, -0.15) is 0 Å². The summed E-state index contributed by atoms with van der Waals surface area (Å²) in [6, 6.07) is 4.43. The van der Waals surface area contributed by atoms with Crippen LogP contribution in [0.25, 0.3) is 0 Å². The highest BCUT2D eigenvalue weighted by Gasteiger charge is 2.31. The average molecular weight is 262 g/mol. The van der Waals surface area contributed by atoms with Crippen molar-refractivity contribution in [3.05, 3.63) is 35.1 Å². The molecule has 18 heavy (non-hydrogen) atoms. The number of terminal acetylenes is 1. The van der Waals surface area contributed by atoms with E-state index in [-0.39, 0.29) is 17.8 Å². The largest absolute Gasteiger partial charge is 0.379 e. The lowest BCUT2D eigenvalue weighted by atomic mass is 9.91. The molecule has 2 rings (SSSR count). The quantitative estimate of drug-likeness (QED) is 0.790. The van der Waals surface area contributed by atoms with Crippen LogP contribution in [0, 0.1) is 24.1 Å². The Morgan fingerprint density at radius 3 is 2.83 bits per heavy atom. The van der Waals surface area contributed by atoms with E-state index in [1.807, 2.05) is 0 Å². The lowest BCUT2D eigenvalue weighted by Gasteiger charge is -2.30. The van der Waals surface area contributed by atoms with Gasteiger partial charge in [-0.15, -0.1) is 6.42 Å². The molecule has 0 saturated carbocycles. The molecule has 0 amide bonds. The highest BCUT2D eigenvalue weighted by atomic mass is 32.2. The molecule has 0 saturated heterocycles. The lowest BCUT2D eigenvalue weighted by Crippen LogP contribution is -2.28. The van der Waals surface area contributed by atoms with Gasteiger partial charge >= 0.3 is 0 Å². The second kappa shape index (κ2) is 5.03. The molecule has 2 nitrogen and oxygen atoms in total. The van der Waals surface area contributed by atoms with Crippen LogP contribution in [0.5, 0.6) is 0 Å². The van der Waals surface area contributed by atoms with Gasteiger partial charge in [-0.3, -0.25) is 4.99 Å². The van der Waals surface area contributed by atoms with Gasteiger partial charge in [-0.1, -0.05) is 31.5 Å². The number of nitrogens with two attached hydrogens (primary N) is 1. The number of rotatable bonds is 1. The molecule has 0 radical (unpaired) electrons. The summed E-state index contributed by atoms with van der Waals surface area (Å²) in [6.07, 6.45) is 5.35. The van der Waals surface area contributed by atoms with Crippen LogP contribution in [-0.2, 0) is 0 Å². The zero-order chi connectivity index (χ0) is 13.3. The summed E-state index contributed by atoms with van der Waals surface area (Å²) in [4.78, 5) is 4.37. The maximum Gasteiger partial charge on any atom is 0.154 e. The minimum absolute atomic E-state index is 0.213. The molecule has 0 bridgehead atoms. The third-order valence-corrected chi connectivity index (χ3v) is 4.44. The van der Waals surface area contributed by atoms with E-state index in [0.29, 0.717) is 21.5 Å². The van der Waals surface area contributed by atoms with Crippen LogP contribution in [0.3, 0.4) is 0 Å². The van der Waals surface area contributed by atoms with E-state index in [1.165, 1.54) is 17.8 Å². The molecule has 4 heteroatoms. The Morgan fingerprint density at radius 1 is 1.44 bits per heavy atom. The van der Waals surface area contributed by atoms with E-state index in [4.69, 9.17) is 12.2 Å². The normalized spacial score (nSPS) is 27.4. The zero-order valence-electron chi connectivity index (χ0n) is 10.4. The number of aliphatic imine (C=N–C) groups is 1. The van der Waals surface area contributed by atoms with E-state index in [1.54, 1.807) is 12.1 Å². The number of halogens is 1. The smallest absolute Gasteiger partial charge is 0.154 e. The standard InChI is InChI=1S/C14H15FN2S/c1-4-10-5-6-12(15)11(7-10)13-8(2)9(3)18-14(16)17-13/h1,5-9,13H,2-3H3,(H2,16,17)/t8-,9?,13?/m1/s1. The molecule has 1 aliphatic rings. The monoisotopic (exact) mass is 262 g/mol. The van der Waals surface area contributed by atoms with Crippen molar-refractivity contribution in [2.75, 3.05) is 0 Å². The number of benzene rings is 1. The van der Waals surface area contributed by atoms with Crippen LogP contribution in [0.1, 0.15) is 31.0 Å². The van der Waals surface area contributed by atoms with Crippen molar-refractivity contribution in [3.8, 4) is 12.3 Å². The van der Waals surface area contributed by atoms with Gasteiger partial charge in [0.05, 0.1) is 6.04 Å². The van der Waals surface area contributed by atoms with Gasteiger partial charge in [0, 0.05) is 16.4 Å². The van der Waals surface area contributed by atoms with Crippen molar-refractivity contribution < 1.29 is 4.39 Å². The van der Waals surface area contributed by atoms with Crippen LogP contribution < -0.4 is 5.73 Å². The summed E-state index contributed by atoms with van der Waals surface area (Å²) < 4.78 is 13.9. The third kappa shape index (κ3) is 2.37. The van der Waals surface area contributed by atoms with Crippen LogP contribution in [0.4, 0.5) is 4.39 Å². The molecular weight excluding hydrogens is 247 g/mol. The molecule has 2 unspecified atom stereocenters. The van der Waals surface area contributed by atoms with Crippen LogP contribution >= 0.6 is 11.8 Å². The molecule has 1 aromatic rings. The SMILES string of the molecule is C#Cc1ccc(F)c(C2N=C(N)SC(C)[C@H]2C)c1. The van der Waals surface area contributed by atoms with Gasteiger partial charge < -0.3 is 5.73 Å². The summed E-state index contributed by atoms with van der Waals surface area (Å²) in [7, 11) is 0. The Labute approximate surface area is 111 Å². The molecule has 0 aliphatic carbocycles. The number of nitrogens with zero attached hydrogens (tertiary/aromatic N) is 1. The summed E-state index contributed by atoms with van der Waals surface area (Å²) >= 11 is 1.53. The maximum absolute atomic E-state index is 13.9. The summed E-state index contributed by atoms with van der Waals surface area (Å²) in [5, 5.41) is 0.817. The lowest BCUT2D eigenvalue weighted by molar-refractivity contribution is 0.447. The van der Waals surface area contributed by atoms with Gasteiger partial charge in [0.1, 0.15) is 5.82 Å². The van der Waals surface area contributed by atoms with Gasteiger partial charge in [0.2, 0.25) is 0 Å². The molecule has 0 aromatic heterocycles. The minimum Gasteiger partial charge on any atom is -0.379 e. The van der Waals surface area contributed by atoms with Crippen molar-refractivity contribution in [2.45, 2.75) is 25.1 Å². The van der Waals surface area contributed by atoms with Crippen LogP contribution in [0.15, 0.2) is 23.2 Å². The Bertz CT molecular complexity index is 533. The van der Waals surface area contributed by atoms with Gasteiger partial charge in [-0.25, -0.2) is 4.39 Å². The fourth-order valence-corrected chi connectivity index (χ4v) is 2.97. The third-order valence-electron chi connectivity index (χ3n) is 3.29. The molecule has 0 spiro atoms. The molecule has 1 aromatic carbocycles. The van der Waals surface area contributed by atoms with Crippen molar-refractivity contribution in [1.82, 2.24) is 0 Å². The molecule has 1 heterocycles. The van der Waals surface area contributed by atoms with Gasteiger partial charge in [0.15, 0.2) is 5.17 Å². The van der Waals surface area contributed by atoms with Crippen LogP contribution in [0.2, 0.25) is 0 Å². The fourth-order valence-electron chi connectivity index (χ4n) is 2.05. The second-order valence-electron chi connectivity index (χ2n) is 4.47. The Kier molecular flexibility index (Phi) is 3.63. The topological polar surface area (TPSA) is 38.4 Å². The molecule has 0 fully saturated rings. The van der Waals surface area contributed by atoms with E-state index in [2.05, 4.69) is 24.8 Å². The van der Waals surface area contributed by atoms with E-state index in [0.717, 1.165) is 0 Å². The Balaban J connectivity index is 2.47. The predicted octanol–water partition coefficient (Wildman–Crippen LogP) is 2.93. The van der Waals surface area contributed by atoms with Crippen LogP contribution in [-0.4, -0.2) is 10.4 Å². The van der Waals surface area contributed by atoms with Crippen molar-refractivity contribution >= 4 is 16.9 Å². The molecule has 1 aliphatic heterocycles. The number of thioether (sulfide) groups is 1. The van der Waals surface area contributed by atoms with Gasteiger partial charge in [-0.05, 0) is 24.1 Å². The number of amidine groups is 1. The van der Waals surface area contributed by atoms with Crippen molar-refractivity contribution in [2.24, 2.45) is 16.6 Å². The molecule has 3 atom stereocenters. The highest BCUT2D eigenvalue weighted by molar-refractivity contribution is 8.14. The maximum atomic E-state index is 13.9. The predicted molar refractivity (Wildman–Crippen MR) is 74.9 cm³/mol. The average Bonchev–Trinajstić information content (AvgIpc) is 2.34. The summed E-state index contributed by atoms with van der Waals surface area (Å²) in [5.74, 6) is 2.46. The highest BCUT2D eigenvalue weighted by Crippen LogP contribution is 2.39. The summed E-state index contributed by atoms with van der Waals surface area (Å²) in [6.45, 7) is 4.13. The summed E-state index contributed by atoms with van der Waals surface area (Å²) in [5.41, 5.74) is 6.99. The van der Waals surface area contributed by atoms with Crippen molar-refractivity contribution in [1.29, 1.82) is 0 Å². The first-order valence-electron chi connectivity index (χ1n) is 5.79. The number of hydrogen-bond acceptors (Lipinski definition) is 3. The van der Waals surface area contributed by atoms with E-state index >= 15 is 0 Å². The van der Waals surface area contributed by atoms with Crippen molar-refractivity contribution in [3.63, 3.8) is 0 Å². The van der Waals surface area contributed by atoms with E-state index < -0.39 is 0 Å². The first kappa shape index (κ1) is 13.0. The first-order valence-corrected chi connectivity index (χ1v) is 6.67. The Hall–Kier alpha value is -1.47. The molecular formula is C14H15FN2S. The first-order chi connectivity index (χ1) is 8.52. The number of hydrogen-bond donors (Lipinski definition) is 1.